The topological polar surface area (TPSA) is 58.6 Å². The Hall–Kier alpha value is -1.26. The number of amides is 2. The van der Waals surface area contributed by atoms with E-state index in [1.807, 2.05) is 0 Å². The van der Waals surface area contributed by atoms with Crippen molar-refractivity contribution in [1.82, 2.24) is 10.2 Å². The number of hydrogen-bond donors (Lipinski definition) is 1. The first-order chi connectivity index (χ1) is 5.65. The van der Waals surface area contributed by atoms with Gasteiger partial charge in [0.2, 0.25) is 0 Å². The largest absolute Gasteiger partial charge is 0.469 e. The normalized spacial score (nSPS) is 23.3. The third kappa shape index (κ3) is 1.66. The first kappa shape index (κ1) is 8.83. The predicted molar refractivity (Wildman–Crippen MR) is 41.5 cm³/mol. The Morgan fingerprint density at radius 2 is 2.42 bits per heavy atom. The Kier molecular flexibility index (Phi) is 2.52. The molecule has 2 amide bonds. The number of carbonyl (C=O) groups excluding carboxylic acids is 2. The second-order valence-electron chi connectivity index (χ2n) is 2.79. The highest BCUT2D eigenvalue weighted by molar-refractivity contribution is 5.79. The van der Waals surface area contributed by atoms with Crippen LogP contribution in [0.2, 0.25) is 0 Å². The minimum absolute atomic E-state index is 0.143. The predicted octanol–water partition coefficient (Wildman–Crippen LogP) is -0.569. The van der Waals surface area contributed by atoms with Crippen LogP contribution in [0.3, 0.4) is 0 Å². The molecular formula is C7H12N2O3. The number of nitrogens with zero attached hydrogens (tertiary/aromatic N) is 1. The van der Waals surface area contributed by atoms with E-state index in [1.165, 1.54) is 12.0 Å². The summed E-state index contributed by atoms with van der Waals surface area (Å²) in [6.45, 7) is 0.800. The first-order valence-electron chi connectivity index (χ1n) is 3.72. The van der Waals surface area contributed by atoms with Crippen LogP contribution in [0.5, 0.6) is 0 Å². The first-order valence-corrected chi connectivity index (χ1v) is 3.72. The number of methoxy groups -OCH3 is 1. The van der Waals surface area contributed by atoms with Crippen LogP contribution in [0.25, 0.3) is 0 Å². The van der Waals surface area contributed by atoms with Crippen molar-refractivity contribution < 1.29 is 14.3 Å². The molecule has 1 heterocycles. The highest BCUT2D eigenvalue weighted by atomic mass is 16.5. The van der Waals surface area contributed by atoms with Gasteiger partial charge in [-0.2, -0.15) is 0 Å². The van der Waals surface area contributed by atoms with Crippen molar-refractivity contribution in [3.05, 3.63) is 0 Å². The van der Waals surface area contributed by atoms with Crippen molar-refractivity contribution in [2.75, 3.05) is 27.2 Å². The monoisotopic (exact) mass is 172 g/mol. The minimum atomic E-state index is -0.276. The van der Waals surface area contributed by atoms with Gasteiger partial charge in [-0.15, -0.1) is 0 Å². The fourth-order valence-electron chi connectivity index (χ4n) is 1.15. The maximum Gasteiger partial charge on any atom is 0.317 e. The summed E-state index contributed by atoms with van der Waals surface area (Å²) < 4.78 is 4.56. The molecule has 1 N–H and O–H groups in total. The summed E-state index contributed by atoms with van der Waals surface area (Å²) >= 11 is 0. The van der Waals surface area contributed by atoms with Gasteiger partial charge in [-0.3, -0.25) is 4.79 Å². The fraction of sp³-hybridized carbons (Fsp3) is 0.714. The second kappa shape index (κ2) is 3.42. The number of urea groups is 1. The molecule has 5 nitrogen and oxygen atoms in total. The van der Waals surface area contributed by atoms with Gasteiger partial charge in [-0.1, -0.05) is 0 Å². The molecule has 1 aliphatic heterocycles. The highest BCUT2D eigenvalue weighted by Gasteiger charge is 2.28. The molecule has 0 bridgehead atoms. The Bertz CT molecular complexity index is 205. The number of esters is 1. The molecule has 68 valence electrons. The molecule has 12 heavy (non-hydrogen) atoms. The van der Waals surface area contributed by atoms with E-state index in [9.17, 15) is 9.59 Å². The van der Waals surface area contributed by atoms with Gasteiger partial charge >= 0.3 is 12.0 Å². The number of rotatable bonds is 1. The molecule has 1 atom stereocenters. The number of carbonyl (C=O) groups is 2. The van der Waals surface area contributed by atoms with Crippen LogP contribution in [0.4, 0.5) is 4.79 Å². The molecule has 1 unspecified atom stereocenters. The molecule has 1 aliphatic rings. The quantitative estimate of drug-likeness (QED) is 0.539. The minimum Gasteiger partial charge on any atom is -0.469 e. The van der Waals surface area contributed by atoms with Crippen LogP contribution in [0.15, 0.2) is 0 Å². The van der Waals surface area contributed by atoms with Crippen molar-refractivity contribution in [2.24, 2.45) is 5.92 Å². The van der Waals surface area contributed by atoms with Crippen LogP contribution < -0.4 is 5.32 Å². The second-order valence-corrected chi connectivity index (χ2v) is 2.79. The summed E-state index contributed by atoms with van der Waals surface area (Å²) in [5.74, 6) is -0.514. The van der Waals surface area contributed by atoms with Gasteiger partial charge in [-0.05, 0) is 0 Å². The summed E-state index contributed by atoms with van der Waals surface area (Å²) in [7, 11) is 2.99. The summed E-state index contributed by atoms with van der Waals surface area (Å²) in [6, 6.07) is -0.143. The SMILES string of the molecule is COC(=O)C1CNC(=O)N(C)C1. The Balaban J connectivity index is 2.50. The number of hydrogen-bond acceptors (Lipinski definition) is 3. The van der Waals surface area contributed by atoms with E-state index in [4.69, 9.17) is 0 Å². The van der Waals surface area contributed by atoms with Gasteiger partial charge in [-0.25, -0.2) is 4.79 Å². The van der Waals surface area contributed by atoms with Gasteiger partial charge in [0.25, 0.3) is 0 Å². The molecule has 0 aromatic carbocycles. The lowest BCUT2D eigenvalue weighted by Crippen LogP contribution is -2.51. The molecule has 5 heteroatoms. The van der Waals surface area contributed by atoms with E-state index in [2.05, 4.69) is 10.1 Å². The zero-order chi connectivity index (χ0) is 9.14. The van der Waals surface area contributed by atoms with E-state index >= 15 is 0 Å². The third-order valence-corrected chi connectivity index (χ3v) is 1.88. The van der Waals surface area contributed by atoms with E-state index in [1.54, 1.807) is 7.05 Å². The van der Waals surface area contributed by atoms with Gasteiger partial charge in [0.1, 0.15) is 0 Å². The smallest absolute Gasteiger partial charge is 0.317 e. The van der Waals surface area contributed by atoms with Crippen molar-refractivity contribution in [1.29, 1.82) is 0 Å². The molecule has 1 saturated heterocycles. The van der Waals surface area contributed by atoms with Crippen LogP contribution in [-0.4, -0.2) is 44.1 Å². The van der Waals surface area contributed by atoms with Crippen LogP contribution in [0, 0.1) is 5.92 Å². The fourth-order valence-corrected chi connectivity index (χ4v) is 1.15. The Morgan fingerprint density at radius 1 is 1.75 bits per heavy atom. The van der Waals surface area contributed by atoms with E-state index < -0.39 is 0 Å². The Labute approximate surface area is 70.7 Å². The van der Waals surface area contributed by atoms with E-state index in [0.717, 1.165) is 0 Å². The molecule has 0 aromatic rings. The van der Waals surface area contributed by atoms with Crippen molar-refractivity contribution in [3.63, 3.8) is 0 Å². The lowest BCUT2D eigenvalue weighted by Gasteiger charge is -2.28. The standard InChI is InChI=1S/C7H12N2O3/c1-9-4-5(6(10)12-2)3-8-7(9)11/h5H,3-4H2,1-2H3,(H,8,11). The molecule has 0 aromatic heterocycles. The van der Waals surface area contributed by atoms with E-state index in [0.29, 0.717) is 13.1 Å². The van der Waals surface area contributed by atoms with Gasteiger partial charge in [0.15, 0.2) is 0 Å². The van der Waals surface area contributed by atoms with Crippen molar-refractivity contribution in [3.8, 4) is 0 Å². The van der Waals surface area contributed by atoms with Crippen LogP contribution in [-0.2, 0) is 9.53 Å². The van der Waals surface area contributed by atoms with Gasteiger partial charge in [0.05, 0.1) is 13.0 Å². The van der Waals surface area contributed by atoms with Crippen molar-refractivity contribution in [2.45, 2.75) is 0 Å². The molecule has 0 spiro atoms. The van der Waals surface area contributed by atoms with Gasteiger partial charge in [0, 0.05) is 20.1 Å². The molecule has 0 radical (unpaired) electrons. The summed E-state index contributed by atoms with van der Waals surface area (Å²) in [5, 5.41) is 2.58. The number of nitrogens with one attached hydrogen (secondary N) is 1. The zero-order valence-corrected chi connectivity index (χ0v) is 7.16. The molecule has 1 fully saturated rings. The summed E-state index contributed by atoms with van der Waals surface area (Å²) in [5.41, 5.74) is 0. The molecule has 0 aliphatic carbocycles. The molecule has 0 saturated carbocycles. The van der Waals surface area contributed by atoms with Gasteiger partial charge < -0.3 is 15.0 Å². The average molecular weight is 172 g/mol. The average Bonchev–Trinajstić information content (AvgIpc) is 2.08. The maximum atomic E-state index is 11.0. The lowest BCUT2D eigenvalue weighted by molar-refractivity contribution is -0.145. The Morgan fingerprint density at radius 3 is 2.92 bits per heavy atom. The maximum absolute atomic E-state index is 11.0. The molecule has 1 rings (SSSR count). The summed E-state index contributed by atoms with van der Waals surface area (Å²) in [4.78, 5) is 23.4. The zero-order valence-electron chi connectivity index (χ0n) is 7.16. The third-order valence-electron chi connectivity index (χ3n) is 1.88. The van der Waals surface area contributed by atoms with Crippen LogP contribution >= 0.6 is 0 Å². The van der Waals surface area contributed by atoms with Crippen LogP contribution in [0.1, 0.15) is 0 Å². The molecular weight excluding hydrogens is 160 g/mol. The van der Waals surface area contributed by atoms with E-state index in [-0.39, 0.29) is 17.9 Å². The summed E-state index contributed by atoms with van der Waals surface area (Å²) in [6.07, 6.45) is 0. The van der Waals surface area contributed by atoms with Crippen molar-refractivity contribution >= 4 is 12.0 Å². The number of ether oxygens (including phenoxy) is 1. The highest BCUT2D eigenvalue weighted by Crippen LogP contribution is 2.05. The lowest BCUT2D eigenvalue weighted by atomic mass is 10.1.